The molecule has 7 heteroatoms. The molecule has 0 aliphatic carbocycles. The number of carbonyl (C=O) groups excluding carboxylic acids is 3. The second-order valence-corrected chi connectivity index (χ2v) is 11.7. The van der Waals surface area contributed by atoms with Gasteiger partial charge in [-0.25, -0.2) is 4.90 Å². The van der Waals surface area contributed by atoms with E-state index in [1.54, 1.807) is 17.0 Å². The van der Waals surface area contributed by atoms with Crippen LogP contribution in [0.5, 0.6) is 0 Å². The number of piperidine rings is 1. The predicted octanol–water partition coefficient (Wildman–Crippen LogP) is 5.01. The lowest BCUT2D eigenvalue weighted by Crippen LogP contribution is -2.54. The van der Waals surface area contributed by atoms with Crippen LogP contribution in [0.2, 0.25) is 0 Å². The van der Waals surface area contributed by atoms with Gasteiger partial charge in [-0.1, -0.05) is 67.0 Å². The van der Waals surface area contributed by atoms with Crippen LogP contribution in [0.1, 0.15) is 52.0 Å². The van der Waals surface area contributed by atoms with E-state index in [0.717, 1.165) is 36.9 Å². The molecule has 0 bridgehead atoms. The fourth-order valence-corrected chi connectivity index (χ4v) is 5.33. The highest BCUT2D eigenvalue weighted by molar-refractivity contribution is 9.10. The van der Waals surface area contributed by atoms with Crippen LogP contribution in [0.4, 0.5) is 5.69 Å². The lowest BCUT2D eigenvalue weighted by molar-refractivity contribution is -0.143. The molecular formula is C28H34BrN3O3. The topological polar surface area (TPSA) is 60.9 Å². The summed E-state index contributed by atoms with van der Waals surface area (Å²) in [6.45, 7) is 8.67. The third-order valence-corrected chi connectivity index (χ3v) is 7.24. The summed E-state index contributed by atoms with van der Waals surface area (Å²) in [5.41, 5.74) is 1.61. The first-order valence-electron chi connectivity index (χ1n) is 12.3. The Morgan fingerprint density at radius 3 is 2.23 bits per heavy atom. The minimum absolute atomic E-state index is 0.0367. The second-order valence-electron chi connectivity index (χ2n) is 10.8. The Morgan fingerprint density at radius 1 is 1.00 bits per heavy atom. The lowest BCUT2D eigenvalue weighted by atomic mass is 9.90. The third kappa shape index (κ3) is 6.19. The quantitative estimate of drug-likeness (QED) is 0.484. The Morgan fingerprint density at radius 2 is 1.63 bits per heavy atom. The van der Waals surface area contributed by atoms with Gasteiger partial charge in [0.2, 0.25) is 11.8 Å². The molecule has 2 aliphatic rings. The van der Waals surface area contributed by atoms with Crippen molar-refractivity contribution in [1.82, 2.24) is 9.80 Å². The fourth-order valence-electron chi connectivity index (χ4n) is 5.07. The summed E-state index contributed by atoms with van der Waals surface area (Å²) in [6, 6.07) is 16.7. The molecule has 35 heavy (non-hydrogen) atoms. The molecule has 0 saturated carbocycles. The minimum atomic E-state index is -0.744. The molecule has 2 aromatic carbocycles. The zero-order valence-electron chi connectivity index (χ0n) is 20.7. The summed E-state index contributed by atoms with van der Waals surface area (Å²) in [5.74, 6) is -0.591. The maximum Gasteiger partial charge on any atom is 0.257 e. The number of benzene rings is 2. The van der Waals surface area contributed by atoms with Crippen LogP contribution in [-0.2, 0) is 20.9 Å². The molecule has 1 atom stereocenters. The normalized spacial score (nSPS) is 19.9. The van der Waals surface area contributed by atoms with Crippen molar-refractivity contribution in [3.63, 3.8) is 0 Å². The summed E-state index contributed by atoms with van der Waals surface area (Å²) in [5, 5.41) is 0. The zero-order valence-corrected chi connectivity index (χ0v) is 22.3. The average Bonchev–Trinajstić information content (AvgIpc) is 3.09. The smallest absolute Gasteiger partial charge is 0.257 e. The van der Waals surface area contributed by atoms with Gasteiger partial charge in [0.05, 0.1) is 12.1 Å². The average molecular weight is 541 g/mol. The van der Waals surface area contributed by atoms with Crippen molar-refractivity contribution >= 4 is 39.3 Å². The third-order valence-electron chi connectivity index (χ3n) is 6.71. The number of halogens is 1. The lowest BCUT2D eigenvalue weighted by Gasteiger charge is -2.41. The van der Waals surface area contributed by atoms with Gasteiger partial charge in [0.15, 0.2) is 0 Å². The van der Waals surface area contributed by atoms with Crippen LogP contribution >= 0.6 is 15.9 Å². The van der Waals surface area contributed by atoms with E-state index in [0.29, 0.717) is 12.1 Å². The van der Waals surface area contributed by atoms with E-state index < -0.39 is 6.04 Å². The Kier molecular flexibility index (Phi) is 7.77. The van der Waals surface area contributed by atoms with Crippen LogP contribution in [0, 0.1) is 5.41 Å². The predicted molar refractivity (Wildman–Crippen MR) is 141 cm³/mol. The first-order chi connectivity index (χ1) is 16.6. The highest BCUT2D eigenvalue weighted by atomic mass is 79.9. The van der Waals surface area contributed by atoms with Crippen molar-refractivity contribution in [2.75, 3.05) is 18.0 Å². The summed E-state index contributed by atoms with van der Waals surface area (Å²) >= 11 is 3.40. The van der Waals surface area contributed by atoms with Crippen molar-refractivity contribution in [2.45, 2.75) is 65.1 Å². The summed E-state index contributed by atoms with van der Waals surface area (Å²) in [4.78, 5) is 45.5. The fraction of sp³-hybridized carbons (Fsp3) is 0.464. The minimum Gasteiger partial charge on any atom is -0.327 e. The van der Waals surface area contributed by atoms with Crippen LogP contribution in [0.3, 0.4) is 0 Å². The molecular weight excluding hydrogens is 506 g/mol. The molecule has 186 valence electrons. The molecule has 4 rings (SSSR count). The van der Waals surface area contributed by atoms with E-state index >= 15 is 0 Å². The van der Waals surface area contributed by atoms with Gasteiger partial charge >= 0.3 is 0 Å². The van der Waals surface area contributed by atoms with Gasteiger partial charge in [0, 0.05) is 36.6 Å². The van der Waals surface area contributed by atoms with Crippen LogP contribution in [-0.4, -0.2) is 52.7 Å². The van der Waals surface area contributed by atoms with Crippen molar-refractivity contribution in [2.24, 2.45) is 5.41 Å². The van der Waals surface area contributed by atoms with Crippen molar-refractivity contribution < 1.29 is 14.4 Å². The number of nitrogens with zero attached hydrogens (tertiary/aromatic N) is 3. The number of rotatable bonds is 6. The van der Waals surface area contributed by atoms with Crippen molar-refractivity contribution in [3.05, 3.63) is 64.6 Å². The first-order valence-corrected chi connectivity index (χ1v) is 13.1. The molecule has 0 aromatic heterocycles. The van der Waals surface area contributed by atoms with Gasteiger partial charge in [-0.05, 0) is 48.1 Å². The van der Waals surface area contributed by atoms with Gasteiger partial charge in [0.1, 0.15) is 6.04 Å². The highest BCUT2D eigenvalue weighted by Gasteiger charge is 2.47. The van der Waals surface area contributed by atoms with Gasteiger partial charge in [-0.3, -0.25) is 19.3 Å². The van der Waals surface area contributed by atoms with E-state index in [-0.39, 0.29) is 35.6 Å². The standard InChI is InChI=1S/C28H34BrN3O3/c1-28(2,3)18-26(34)31(23-13-15-30(16-14-23)19-20-7-5-4-6-8-20)24-17-25(33)32(27(24)35)22-11-9-21(29)10-12-22/h4-12,23-24H,13-19H2,1-3H3. The Bertz CT molecular complexity index is 1060. The van der Waals surface area contributed by atoms with E-state index in [1.807, 2.05) is 39.0 Å². The van der Waals surface area contributed by atoms with Crippen molar-refractivity contribution in [3.8, 4) is 0 Å². The van der Waals surface area contributed by atoms with Gasteiger partial charge in [0.25, 0.3) is 5.91 Å². The molecule has 2 fully saturated rings. The molecule has 3 amide bonds. The Balaban J connectivity index is 1.52. The molecule has 2 aliphatic heterocycles. The number of likely N-dealkylation sites (tertiary alicyclic amines) is 1. The Labute approximate surface area is 216 Å². The van der Waals surface area contributed by atoms with Crippen molar-refractivity contribution in [1.29, 1.82) is 0 Å². The largest absolute Gasteiger partial charge is 0.327 e. The zero-order chi connectivity index (χ0) is 25.2. The monoisotopic (exact) mass is 539 g/mol. The summed E-state index contributed by atoms with van der Waals surface area (Å²) in [7, 11) is 0. The van der Waals surface area contributed by atoms with Gasteiger partial charge in [-0.2, -0.15) is 0 Å². The molecule has 0 N–H and O–H groups in total. The summed E-state index contributed by atoms with van der Waals surface area (Å²) in [6.07, 6.45) is 1.96. The molecule has 2 aromatic rings. The number of carbonyl (C=O) groups is 3. The number of amides is 3. The second kappa shape index (κ2) is 10.6. The van der Waals surface area contributed by atoms with Gasteiger partial charge in [-0.15, -0.1) is 0 Å². The van der Waals surface area contributed by atoms with Crippen LogP contribution in [0.25, 0.3) is 0 Å². The number of imide groups is 1. The Hall–Kier alpha value is -2.51. The van der Waals surface area contributed by atoms with Gasteiger partial charge < -0.3 is 4.90 Å². The van der Waals surface area contributed by atoms with E-state index in [9.17, 15) is 14.4 Å². The van der Waals surface area contributed by atoms with Crippen LogP contribution < -0.4 is 4.90 Å². The van der Waals surface area contributed by atoms with E-state index in [4.69, 9.17) is 0 Å². The number of anilines is 1. The maximum absolute atomic E-state index is 13.6. The molecule has 0 spiro atoms. The number of hydrogen-bond donors (Lipinski definition) is 0. The number of hydrogen-bond acceptors (Lipinski definition) is 4. The highest BCUT2D eigenvalue weighted by Crippen LogP contribution is 2.32. The van der Waals surface area contributed by atoms with E-state index in [2.05, 4.69) is 45.1 Å². The molecule has 2 saturated heterocycles. The molecule has 6 nitrogen and oxygen atoms in total. The van der Waals surface area contributed by atoms with Crippen LogP contribution in [0.15, 0.2) is 59.1 Å². The first kappa shape index (κ1) is 25.6. The SMILES string of the molecule is CC(C)(C)CC(=O)N(C1CCN(Cc2ccccc2)CC1)C1CC(=O)N(c2ccc(Br)cc2)C1=O. The molecule has 2 heterocycles. The summed E-state index contributed by atoms with van der Waals surface area (Å²) < 4.78 is 0.876. The molecule has 0 radical (unpaired) electrons. The van der Waals surface area contributed by atoms with E-state index in [1.165, 1.54) is 10.5 Å². The maximum atomic E-state index is 13.6. The molecule has 1 unspecified atom stereocenters.